The van der Waals surface area contributed by atoms with Crippen molar-refractivity contribution in [1.29, 1.82) is 0 Å². The maximum Gasteiger partial charge on any atom is 0.257 e. The normalized spacial score (nSPS) is 10.3. The number of halogens is 3. The third-order valence-corrected chi connectivity index (χ3v) is 4.49. The molecule has 0 aromatic carbocycles. The lowest BCUT2D eigenvalue weighted by Crippen LogP contribution is -2.12. The fourth-order valence-electron chi connectivity index (χ4n) is 1.04. The van der Waals surface area contributed by atoms with Crippen LogP contribution in [0.5, 0.6) is 0 Å². The summed E-state index contributed by atoms with van der Waals surface area (Å²) in [5, 5.41) is 4.49. The van der Waals surface area contributed by atoms with Crippen LogP contribution < -0.4 is 5.32 Å². The number of amides is 1. The van der Waals surface area contributed by atoms with Gasteiger partial charge in [0.2, 0.25) is 0 Å². The van der Waals surface area contributed by atoms with Crippen LogP contribution in [0.25, 0.3) is 0 Å². The van der Waals surface area contributed by atoms with Gasteiger partial charge in [0, 0.05) is 5.38 Å². The summed E-state index contributed by atoms with van der Waals surface area (Å²) in [7, 11) is 0. The minimum absolute atomic E-state index is 0.193. The first kappa shape index (κ1) is 13.4. The molecule has 2 heterocycles. The lowest BCUT2D eigenvalue weighted by Gasteiger charge is -2.04. The topological polar surface area (TPSA) is 54.9 Å². The van der Waals surface area contributed by atoms with Crippen molar-refractivity contribution >= 4 is 77.5 Å². The van der Waals surface area contributed by atoms with Crippen molar-refractivity contribution in [1.82, 2.24) is 9.97 Å². The van der Waals surface area contributed by atoms with Gasteiger partial charge in [-0.2, -0.15) is 0 Å². The van der Waals surface area contributed by atoms with Crippen LogP contribution in [0.15, 0.2) is 26.8 Å². The molecule has 0 saturated carbocycles. The van der Waals surface area contributed by atoms with E-state index in [0.29, 0.717) is 20.6 Å². The molecule has 0 spiro atoms. The Bertz CT molecular complexity index is 575. The number of anilines is 1. The maximum atomic E-state index is 11.9. The predicted molar refractivity (Wildman–Crippen MR) is 82.4 cm³/mol. The van der Waals surface area contributed by atoms with Gasteiger partial charge in [-0.1, -0.05) is 0 Å². The van der Waals surface area contributed by atoms with E-state index in [4.69, 9.17) is 0 Å². The number of rotatable bonds is 2. The smallest absolute Gasteiger partial charge is 0.257 e. The van der Waals surface area contributed by atoms with Gasteiger partial charge in [-0.25, -0.2) is 9.97 Å². The molecule has 0 atom stereocenters. The van der Waals surface area contributed by atoms with Gasteiger partial charge < -0.3 is 5.32 Å². The van der Waals surface area contributed by atoms with Gasteiger partial charge in [-0.3, -0.25) is 4.79 Å². The number of hydrogen-bond donors (Lipinski definition) is 1. The largest absolute Gasteiger partial charge is 0.304 e. The van der Waals surface area contributed by atoms with E-state index < -0.39 is 0 Å². The highest BCUT2D eigenvalue weighted by Gasteiger charge is 2.11. The van der Waals surface area contributed by atoms with Gasteiger partial charge in [0.05, 0.1) is 14.6 Å². The summed E-state index contributed by atoms with van der Waals surface area (Å²) >= 11 is 10.1. The molecule has 1 N–H and O–H groups in total. The van der Waals surface area contributed by atoms with E-state index in [9.17, 15) is 4.79 Å². The van der Waals surface area contributed by atoms with Crippen LogP contribution in [0.2, 0.25) is 0 Å². The van der Waals surface area contributed by atoms with Gasteiger partial charge >= 0.3 is 0 Å². The Hall–Kier alpha value is -0.0600. The fraction of sp³-hybridized carbons (Fsp3) is 0. The third kappa shape index (κ3) is 3.46. The monoisotopic (exact) mass is 487 g/mol. The van der Waals surface area contributed by atoms with E-state index in [1.165, 1.54) is 17.5 Å². The van der Waals surface area contributed by atoms with Gasteiger partial charge in [-0.05, 0) is 60.5 Å². The zero-order valence-corrected chi connectivity index (χ0v) is 14.2. The number of nitrogens with zero attached hydrogens (tertiary/aromatic N) is 2. The lowest BCUT2D eigenvalue weighted by molar-refractivity contribution is 0.102. The first-order valence-corrected chi connectivity index (χ1v) is 7.84. The van der Waals surface area contributed by atoms with Crippen LogP contribution in [-0.2, 0) is 0 Å². The summed E-state index contributed by atoms with van der Waals surface area (Å²) in [6, 6.07) is 1.82. The van der Waals surface area contributed by atoms with Crippen molar-refractivity contribution in [2.24, 2.45) is 0 Å². The van der Waals surface area contributed by atoms with Crippen molar-refractivity contribution in [3.8, 4) is 0 Å². The van der Waals surface area contributed by atoms with Crippen LogP contribution in [0.1, 0.15) is 10.4 Å². The van der Waals surface area contributed by atoms with E-state index in [1.807, 2.05) is 6.07 Å². The Morgan fingerprint density at radius 3 is 2.82 bits per heavy atom. The summed E-state index contributed by atoms with van der Waals surface area (Å²) < 4.78 is 2.16. The second-order valence-corrected chi connectivity index (χ2v) is 7.29. The van der Waals surface area contributed by atoms with Gasteiger partial charge in [-0.15, -0.1) is 11.3 Å². The summed E-state index contributed by atoms with van der Waals surface area (Å²) in [5.41, 5.74) is 0.621. The standard InChI is InChI=1S/C9H4Br2IN3OS/c10-5-2-13-8(7(11)14-5)15-9(16)4-1-6(12)17-3-4/h1-3H,(H,13,15,16). The third-order valence-electron chi connectivity index (χ3n) is 1.76. The molecule has 2 rings (SSSR count). The van der Waals surface area contributed by atoms with Crippen LogP contribution in [0.4, 0.5) is 5.82 Å². The zero-order chi connectivity index (χ0) is 12.4. The summed E-state index contributed by atoms with van der Waals surface area (Å²) in [5.74, 6) is 0.209. The number of aromatic nitrogens is 2. The van der Waals surface area contributed by atoms with Gasteiger partial charge in [0.25, 0.3) is 5.91 Å². The molecular weight excluding hydrogens is 485 g/mol. The number of carbonyl (C=O) groups excluding carboxylic acids is 1. The van der Waals surface area contributed by atoms with Gasteiger partial charge in [0.1, 0.15) is 9.21 Å². The SMILES string of the molecule is O=C(Nc1ncc(Br)nc1Br)c1csc(I)c1. The second-order valence-electron chi connectivity index (χ2n) is 2.93. The molecule has 2 aromatic heterocycles. The molecule has 4 nitrogen and oxygen atoms in total. The number of carbonyl (C=O) groups is 1. The van der Waals surface area contributed by atoms with Crippen LogP contribution >= 0.6 is 65.8 Å². The number of hydrogen-bond acceptors (Lipinski definition) is 4. The quantitative estimate of drug-likeness (QED) is 0.652. The summed E-state index contributed by atoms with van der Waals surface area (Å²) in [6.45, 7) is 0. The highest BCUT2D eigenvalue weighted by atomic mass is 127. The Balaban J connectivity index is 2.18. The molecule has 0 fully saturated rings. The minimum Gasteiger partial charge on any atom is -0.304 e. The Labute approximate surface area is 132 Å². The van der Waals surface area contributed by atoms with Crippen molar-refractivity contribution in [2.45, 2.75) is 0 Å². The molecule has 0 aliphatic carbocycles. The molecule has 88 valence electrons. The highest BCUT2D eigenvalue weighted by molar-refractivity contribution is 14.1. The molecule has 8 heteroatoms. The Kier molecular flexibility index (Phi) is 4.50. The van der Waals surface area contributed by atoms with Crippen molar-refractivity contribution < 1.29 is 4.79 Å². The Morgan fingerprint density at radius 2 is 2.24 bits per heavy atom. The molecule has 17 heavy (non-hydrogen) atoms. The second kappa shape index (κ2) is 5.72. The fourth-order valence-corrected chi connectivity index (χ4v) is 3.28. The van der Waals surface area contributed by atoms with Gasteiger partial charge in [0.15, 0.2) is 5.82 Å². The first-order chi connectivity index (χ1) is 8.06. The summed E-state index contributed by atoms with van der Waals surface area (Å²) in [4.78, 5) is 20.0. The molecule has 1 amide bonds. The van der Waals surface area contributed by atoms with Crippen LogP contribution in [-0.4, -0.2) is 15.9 Å². The first-order valence-electron chi connectivity index (χ1n) is 4.29. The molecule has 0 aliphatic rings. The molecule has 0 bridgehead atoms. The van der Waals surface area contributed by atoms with Crippen LogP contribution in [0.3, 0.4) is 0 Å². The van der Waals surface area contributed by atoms with Crippen LogP contribution in [0, 0.1) is 2.88 Å². The van der Waals surface area contributed by atoms with Crippen molar-refractivity contribution in [2.75, 3.05) is 5.32 Å². The highest BCUT2D eigenvalue weighted by Crippen LogP contribution is 2.21. The van der Waals surface area contributed by atoms with Crippen molar-refractivity contribution in [3.63, 3.8) is 0 Å². The number of thiophene rings is 1. The lowest BCUT2D eigenvalue weighted by atomic mass is 10.3. The van der Waals surface area contributed by atoms with E-state index in [-0.39, 0.29) is 5.91 Å². The average molecular weight is 489 g/mol. The van der Waals surface area contributed by atoms with Crippen molar-refractivity contribution in [3.05, 3.63) is 35.3 Å². The van der Waals surface area contributed by atoms with E-state index in [0.717, 1.165) is 2.88 Å². The molecule has 0 unspecified atom stereocenters. The molecule has 2 aromatic rings. The molecule has 0 saturated heterocycles. The molecule has 0 aliphatic heterocycles. The molecular formula is C9H4Br2IN3OS. The summed E-state index contributed by atoms with van der Waals surface area (Å²) in [6.07, 6.45) is 1.53. The average Bonchev–Trinajstić information content (AvgIpc) is 2.69. The van der Waals surface area contributed by atoms with E-state index >= 15 is 0 Å². The Morgan fingerprint density at radius 1 is 1.47 bits per heavy atom. The zero-order valence-electron chi connectivity index (χ0n) is 8.08. The maximum absolute atomic E-state index is 11.9. The van der Waals surface area contributed by atoms with E-state index in [2.05, 4.69) is 69.7 Å². The predicted octanol–water partition coefficient (Wildman–Crippen LogP) is 3.92. The van der Waals surface area contributed by atoms with E-state index in [1.54, 1.807) is 5.38 Å². The molecule has 0 radical (unpaired) electrons. The number of nitrogens with one attached hydrogen (secondary N) is 1. The minimum atomic E-state index is -0.193.